The fourth-order valence-electron chi connectivity index (χ4n) is 3.54. The van der Waals surface area contributed by atoms with E-state index in [4.69, 9.17) is 9.15 Å². The maximum absolute atomic E-state index is 12.2. The lowest BCUT2D eigenvalue weighted by Gasteiger charge is -2.12. The molecule has 1 heterocycles. The first-order valence-electron chi connectivity index (χ1n) is 8.49. The Morgan fingerprint density at radius 2 is 1.83 bits per heavy atom. The summed E-state index contributed by atoms with van der Waals surface area (Å²) in [5, 5.41) is 1.06. The van der Waals surface area contributed by atoms with Crippen LogP contribution in [0.3, 0.4) is 0 Å². The van der Waals surface area contributed by atoms with Crippen molar-refractivity contribution in [2.45, 2.75) is 32.6 Å². The van der Waals surface area contributed by atoms with Crippen LogP contribution >= 0.6 is 0 Å². The van der Waals surface area contributed by atoms with Crippen LogP contribution in [0.1, 0.15) is 28.7 Å². The second-order valence-corrected chi connectivity index (χ2v) is 6.35. The largest absolute Gasteiger partial charge is 0.493 e. The highest BCUT2D eigenvalue weighted by atomic mass is 16.5. The molecule has 0 aliphatic heterocycles. The Labute approximate surface area is 140 Å². The highest BCUT2D eigenvalue weighted by Gasteiger charge is 2.21. The van der Waals surface area contributed by atoms with E-state index >= 15 is 0 Å². The van der Waals surface area contributed by atoms with Gasteiger partial charge in [-0.2, -0.15) is 0 Å². The smallest absolute Gasteiger partial charge is 0.339 e. The van der Waals surface area contributed by atoms with Gasteiger partial charge in [0.2, 0.25) is 0 Å². The molecule has 3 heteroatoms. The van der Waals surface area contributed by atoms with Gasteiger partial charge >= 0.3 is 5.63 Å². The third-order valence-corrected chi connectivity index (χ3v) is 4.83. The summed E-state index contributed by atoms with van der Waals surface area (Å²) in [6.07, 6.45) is 3.69. The van der Waals surface area contributed by atoms with Gasteiger partial charge < -0.3 is 9.15 Å². The van der Waals surface area contributed by atoms with Gasteiger partial charge in [-0.25, -0.2) is 4.79 Å². The van der Waals surface area contributed by atoms with Crippen LogP contribution in [0, 0.1) is 6.92 Å². The zero-order chi connectivity index (χ0) is 16.5. The third-order valence-electron chi connectivity index (χ3n) is 4.83. The molecule has 0 saturated carbocycles. The number of rotatable bonds is 4. The minimum absolute atomic E-state index is 0.181. The standard InChI is InChI=1S/C21H20O3/c1-14-19(23-13-12-15-6-3-2-4-7-15)11-10-17-16-8-5-9-18(16)21(22)24-20(14)17/h2-4,6-7,10-11H,5,8-9,12-13H2,1H3. The van der Waals surface area contributed by atoms with Gasteiger partial charge in [0, 0.05) is 22.9 Å². The summed E-state index contributed by atoms with van der Waals surface area (Å²) in [7, 11) is 0. The van der Waals surface area contributed by atoms with E-state index in [-0.39, 0.29) is 5.63 Å². The van der Waals surface area contributed by atoms with Crippen molar-refractivity contribution in [2.75, 3.05) is 6.61 Å². The number of hydrogen-bond acceptors (Lipinski definition) is 3. The number of ether oxygens (including phenoxy) is 1. The lowest BCUT2D eigenvalue weighted by molar-refractivity contribution is 0.319. The van der Waals surface area contributed by atoms with E-state index in [0.29, 0.717) is 12.2 Å². The SMILES string of the molecule is Cc1c(OCCc2ccccc2)ccc2c3c(c(=O)oc12)CCC3. The van der Waals surface area contributed by atoms with Crippen LogP contribution in [0.4, 0.5) is 0 Å². The van der Waals surface area contributed by atoms with E-state index in [1.54, 1.807) is 0 Å². The molecule has 1 aliphatic carbocycles. The van der Waals surface area contributed by atoms with E-state index < -0.39 is 0 Å². The first-order chi connectivity index (χ1) is 11.7. The molecule has 2 aromatic carbocycles. The molecule has 1 aliphatic rings. The molecule has 4 rings (SSSR count). The van der Waals surface area contributed by atoms with Crippen LogP contribution in [0.25, 0.3) is 11.0 Å². The van der Waals surface area contributed by atoms with Crippen molar-refractivity contribution in [3.63, 3.8) is 0 Å². The lowest BCUT2D eigenvalue weighted by Crippen LogP contribution is -2.08. The minimum atomic E-state index is -0.181. The number of hydrogen-bond donors (Lipinski definition) is 0. The zero-order valence-electron chi connectivity index (χ0n) is 13.8. The summed E-state index contributed by atoms with van der Waals surface area (Å²) in [5.74, 6) is 0.791. The van der Waals surface area contributed by atoms with Crippen molar-refractivity contribution >= 4 is 11.0 Å². The van der Waals surface area contributed by atoms with Crippen LogP contribution in [0.15, 0.2) is 51.7 Å². The maximum atomic E-state index is 12.2. The first kappa shape index (κ1) is 15.0. The molecule has 3 nitrogen and oxygen atoms in total. The van der Waals surface area contributed by atoms with Crippen LogP contribution in [0.2, 0.25) is 0 Å². The van der Waals surface area contributed by atoms with Crippen molar-refractivity contribution in [1.29, 1.82) is 0 Å². The van der Waals surface area contributed by atoms with Crippen LogP contribution in [-0.2, 0) is 19.3 Å². The molecule has 1 aromatic heterocycles. The highest BCUT2D eigenvalue weighted by molar-refractivity contribution is 5.86. The average Bonchev–Trinajstić information content (AvgIpc) is 3.09. The average molecular weight is 320 g/mol. The fraction of sp³-hybridized carbons (Fsp3) is 0.286. The molecular formula is C21H20O3. The summed E-state index contributed by atoms with van der Waals surface area (Å²) >= 11 is 0. The Bertz CT molecular complexity index is 939. The van der Waals surface area contributed by atoms with E-state index in [0.717, 1.165) is 47.9 Å². The number of benzene rings is 2. The Kier molecular flexibility index (Phi) is 3.85. The van der Waals surface area contributed by atoms with Crippen molar-refractivity contribution in [3.8, 4) is 5.75 Å². The van der Waals surface area contributed by atoms with Gasteiger partial charge in [-0.3, -0.25) is 0 Å². The predicted octanol–water partition coefficient (Wildman–Crippen LogP) is 4.21. The molecular weight excluding hydrogens is 300 g/mol. The van der Waals surface area contributed by atoms with E-state index in [1.165, 1.54) is 11.1 Å². The molecule has 0 spiro atoms. The fourth-order valence-corrected chi connectivity index (χ4v) is 3.54. The minimum Gasteiger partial charge on any atom is -0.493 e. The summed E-state index contributed by atoms with van der Waals surface area (Å²) in [6.45, 7) is 2.57. The molecule has 0 bridgehead atoms. The van der Waals surface area contributed by atoms with E-state index in [2.05, 4.69) is 12.1 Å². The van der Waals surface area contributed by atoms with Crippen LogP contribution in [0.5, 0.6) is 5.75 Å². The molecule has 24 heavy (non-hydrogen) atoms. The molecule has 0 amide bonds. The molecule has 0 saturated heterocycles. The monoisotopic (exact) mass is 320 g/mol. The van der Waals surface area contributed by atoms with Gasteiger partial charge in [-0.05, 0) is 49.4 Å². The Balaban J connectivity index is 1.62. The number of aryl methyl sites for hydroxylation is 2. The van der Waals surface area contributed by atoms with Crippen molar-refractivity contribution in [2.24, 2.45) is 0 Å². The lowest BCUT2D eigenvalue weighted by atomic mass is 10.0. The molecule has 0 atom stereocenters. The summed E-state index contributed by atoms with van der Waals surface area (Å²) in [4.78, 5) is 12.2. The third kappa shape index (κ3) is 2.60. The van der Waals surface area contributed by atoms with E-state index in [1.807, 2.05) is 37.3 Å². The summed E-state index contributed by atoms with van der Waals surface area (Å²) < 4.78 is 11.6. The molecule has 122 valence electrons. The van der Waals surface area contributed by atoms with Gasteiger partial charge in [-0.15, -0.1) is 0 Å². The summed E-state index contributed by atoms with van der Waals surface area (Å²) in [5.41, 5.74) is 4.69. The van der Waals surface area contributed by atoms with Gasteiger partial charge in [0.25, 0.3) is 0 Å². The van der Waals surface area contributed by atoms with E-state index in [9.17, 15) is 4.79 Å². The molecule has 0 radical (unpaired) electrons. The van der Waals surface area contributed by atoms with Gasteiger partial charge in [0.05, 0.1) is 6.61 Å². The van der Waals surface area contributed by atoms with Crippen molar-refractivity contribution in [3.05, 3.63) is 75.1 Å². The van der Waals surface area contributed by atoms with Gasteiger partial charge in [0.15, 0.2) is 0 Å². The van der Waals surface area contributed by atoms with Crippen molar-refractivity contribution in [1.82, 2.24) is 0 Å². The maximum Gasteiger partial charge on any atom is 0.339 e. The van der Waals surface area contributed by atoms with Crippen LogP contribution in [-0.4, -0.2) is 6.61 Å². The normalized spacial score (nSPS) is 13.2. The Morgan fingerprint density at radius 3 is 2.67 bits per heavy atom. The summed E-state index contributed by atoms with van der Waals surface area (Å²) in [6, 6.07) is 14.3. The number of fused-ring (bicyclic) bond motifs is 3. The molecule has 0 unspecified atom stereocenters. The predicted molar refractivity (Wildman–Crippen MR) is 94.9 cm³/mol. The first-order valence-corrected chi connectivity index (χ1v) is 8.49. The second kappa shape index (κ2) is 6.16. The Hall–Kier alpha value is -2.55. The van der Waals surface area contributed by atoms with Crippen molar-refractivity contribution < 1.29 is 9.15 Å². The highest BCUT2D eigenvalue weighted by Crippen LogP contribution is 2.33. The molecule has 0 fully saturated rings. The molecule has 0 N–H and O–H groups in total. The topological polar surface area (TPSA) is 39.4 Å². The zero-order valence-corrected chi connectivity index (χ0v) is 13.8. The van der Waals surface area contributed by atoms with Crippen LogP contribution < -0.4 is 10.4 Å². The second-order valence-electron chi connectivity index (χ2n) is 6.35. The van der Waals surface area contributed by atoms with Gasteiger partial charge in [0.1, 0.15) is 11.3 Å². The molecule has 3 aromatic rings. The van der Waals surface area contributed by atoms with Gasteiger partial charge in [-0.1, -0.05) is 30.3 Å². The quantitative estimate of drug-likeness (QED) is 0.676. The Morgan fingerprint density at radius 1 is 1.04 bits per heavy atom.